The van der Waals surface area contributed by atoms with E-state index in [-0.39, 0.29) is 0 Å². The third-order valence-corrected chi connectivity index (χ3v) is 3.78. The van der Waals surface area contributed by atoms with Crippen LogP contribution in [0.25, 0.3) is 0 Å². The molecule has 0 spiro atoms. The Labute approximate surface area is 121 Å². The molecule has 0 saturated heterocycles. The molecule has 1 heterocycles. The predicted octanol–water partition coefficient (Wildman–Crippen LogP) is 3.38. The number of nitrogens with zero attached hydrogens (tertiary/aromatic N) is 1. The Morgan fingerprint density at radius 3 is 3.00 bits per heavy atom. The van der Waals surface area contributed by atoms with Gasteiger partial charge in [-0.05, 0) is 49.8 Å². The summed E-state index contributed by atoms with van der Waals surface area (Å²) in [6.07, 6.45) is 8.16. The number of pyridine rings is 1. The lowest BCUT2D eigenvalue weighted by atomic mass is 9.95. The van der Waals surface area contributed by atoms with Gasteiger partial charge in [-0.1, -0.05) is 6.92 Å². The number of rotatable bonds is 7. The summed E-state index contributed by atoms with van der Waals surface area (Å²) in [6, 6.07) is 4.10. The molecule has 1 saturated carbocycles. The third-order valence-electron chi connectivity index (χ3n) is 3.78. The van der Waals surface area contributed by atoms with Crippen LogP contribution in [0.1, 0.15) is 44.6 Å². The fourth-order valence-electron chi connectivity index (χ4n) is 2.60. The topological polar surface area (TPSA) is 43.4 Å². The monoisotopic (exact) mass is 278 g/mol. The van der Waals surface area contributed by atoms with E-state index in [9.17, 15) is 0 Å². The Morgan fingerprint density at radius 2 is 2.20 bits per heavy atom. The SMILES string of the molecule is CCCNc1cc(COC2CCCC(OC)C2)ccn1. The van der Waals surface area contributed by atoms with Gasteiger partial charge in [-0.15, -0.1) is 0 Å². The first-order chi connectivity index (χ1) is 9.81. The van der Waals surface area contributed by atoms with Gasteiger partial charge in [-0.25, -0.2) is 4.98 Å². The standard InChI is InChI=1S/C16H26N2O2/c1-3-8-17-16-10-13(7-9-18-16)12-20-15-6-4-5-14(11-15)19-2/h7,9-10,14-15H,3-6,8,11-12H2,1-2H3,(H,17,18). The molecule has 1 aliphatic carbocycles. The lowest BCUT2D eigenvalue weighted by molar-refractivity contribution is -0.0363. The maximum absolute atomic E-state index is 6.02. The summed E-state index contributed by atoms with van der Waals surface area (Å²) in [4.78, 5) is 4.31. The summed E-state index contributed by atoms with van der Waals surface area (Å²) in [7, 11) is 1.79. The van der Waals surface area contributed by atoms with Crippen LogP contribution in [0.3, 0.4) is 0 Å². The van der Waals surface area contributed by atoms with Crippen LogP contribution in [-0.4, -0.2) is 30.8 Å². The van der Waals surface area contributed by atoms with E-state index in [0.29, 0.717) is 18.8 Å². The third kappa shape index (κ3) is 4.76. The molecular formula is C16H26N2O2. The molecule has 2 rings (SSSR count). The molecule has 1 aromatic heterocycles. The molecule has 0 amide bonds. The minimum atomic E-state index is 0.328. The Balaban J connectivity index is 1.81. The molecule has 2 atom stereocenters. The highest BCUT2D eigenvalue weighted by atomic mass is 16.5. The Hall–Kier alpha value is -1.13. The van der Waals surface area contributed by atoms with Crippen molar-refractivity contribution >= 4 is 5.82 Å². The number of nitrogens with one attached hydrogen (secondary N) is 1. The zero-order chi connectivity index (χ0) is 14.2. The number of ether oxygens (including phenoxy) is 2. The number of hydrogen-bond donors (Lipinski definition) is 1. The van der Waals surface area contributed by atoms with Gasteiger partial charge >= 0.3 is 0 Å². The summed E-state index contributed by atoms with van der Waals surface area (Å²) >= 11 is 0. The highest BCUT2D eigenvalue weighted by molar-refractivity contribution is 5.37. The van der Waals surface area contributed by atoms with Crippen LogP contribution in [-0.2, 0) is 16.1 Å². The van der Waals surface area contributed by atoms with E-state index >= 15 is 0 Å². The molecule has 20 heavy (non-hydrogen) atoms. The first-order valence-electron chi connectivity index (χ1n) is 7.65. The maximum Gasteiger partial charge on any atom is 0.126 e. The second-order valence-electron chi connectivity index (χ2n) is 5.43. The van der Waals surface area contributed by atoms with Gasteiger partial charge in [0.15, 0.2) is 0 Å². The second kappa shape index (κ2) is 8.22. The van der Waals surface area contributed by atoms with Gasteiger partial charge in [-0.3, -0.25) is 0 Å². The maximum atomic E-state index is 6.02. The molecule has 1 fully saturated rings. The zero-order valence-corrected chi connectivity index (χ0v) is 12.6. The van der Waals surface area contributed by atoms with Crippen molar-refractivity contribution in [1.82, 2.24) is 4.98 Å². The van der Waals surface area contributed by atoms with E-state index in [2.05, 4.69) is 23.3 Å². The Bertz CT molecular complexity index is 398. The van der Waals surface area contributed by atoms with Crippen molar-refractivity contribution in [2.24, 2.45) is 0 Å². The van der Waals surface area contributed by atoms with Gasteiger partial charge in [0.05, 0.1) is 18.8 Å². The fraction of sp³-hybridized carbons (Fsp3) is 0.688. The molecule has 0 aromatic carbocycles. The fourth-order valence-corrected chi connectivity index (χ4v) is 2.60. The summed E-state index contributed by atoms with van der Waals surface area (Å²) in [6.45, 7) is 3.76. The lowest BCUT2D eigenvalue weighted by Gasteiger charge is -2.28. The largest absolute Gasteiger partial charge is 0.381 e. The van der Waals surface area contributed by atoms with Crippen LogP contribution in [0.15, 0.2) is 18.3 Å². The van der Waals surface area contributed by atoms with Gasteiger partial charge in [0.2, 0.25) is 0 Å². The lowest BCUT2D eigenvalue weighted by Crippen LogP contribution is -2.27. The molecule has 2 unspecified atom stereocenters. The van der Waals surface area contributed by atoms with Crippen LogP contribution in [0.5, 0.6) is 0 Å². The number of hydrogen-bond acceptors (Lipinski definition) is 4. The van der Waals surface area contributed by atoms with Crippen LogP contribution >= 0.6 is 0 Å². The predicted molar refractivity (Wildman–Crippen MR) is 80.9 cm³/mol. The average molecular weight is 278 g/mol. The molecule has 112 valence electrons. The average Bonchev–Trinajstić information content (AvgIpc) is 2.51. The summed E-state index contributed by atoms with van der Waals surface area (Å²) < 4.78 is 11.5. The quantitative estimate of drug-likeness (QED) is 0.830. The Kier molecular flexibility index (Phi) is 6.27. The number of aromatic nitrogens is 1. The molecule has 4 heteroatoms. The minimum absolute atomic E-state index is 0.328. The van der Waals surface area contributed by atoms with Gasteiger partial charge in [0.1, 0.15) is 5.82 Å². The van der Waals surface area contributed by atoms with E-state index in [1.165, 1.54) is 12.0 Å². The first-order valence-corrected chi connectivity index (χ1v) is 7.65. The molecule has 4 nitrogen and oxygen atoms in total. The van der Waals surface area contributed by atoms with E-state index in [1.807, 2.05) is 12.3 Å². The Morgan fingerprint density at radius 1 is 1.35 bits per heavy atom. The van der Waals surface area contributed by atoms with Gasteiger partial charge < -0.3 is 14.8 Å². The van der Waals surface area contributed by atoms with Crippen molar-refractivity contribution in [3.63, 3.8) is 0 Å². The van der Waals surface area contributed by atoms with Crippen molar-refractivity contribution < 1.29 is 9.47 Å². The van der Waals surface area contributed by atoms with Crippen LogP contribution in [0.2, 0.25) is 0 Å². The van der Waals surface area contributed by atoms with E-state index in [1.54, 1.807) is 7.11 Å². The molecule has 0 bridgehead atoms. The minimum Gasteiger partial charge on any atom is -0.381 e. The molecule has 0 aliphatic heterocycles. The van der Waals surface area contributed by atoms with Crippen molar-refractivity contribution in [2.75, 3.05) is 19.0 Å². The van der Waals surface area contributed by atoms with Crippen molar-refractivity contribution in [3.05, 3.63) is 23.9 Å². The summed E-state index contributed by atoms with van der Waals surface area (Å²) in [5.74, 6) is 0.936. The highest BCUT2D eigenvalue weighted by Gasteiger charge is 2.22. The number of methoxy groups -OCH3 is 1. The molecular weight excluding hydrogens is 252 g/mol. The van der Waals surface area contributed by atoms with E-state index in [0.717, 1.165) is 38.0 Å². The van der Waals surface area contributed by atoms with Crippen LogP contribution in [0, 0.1) is 0 Å². The van der Waals surface area contributed by atoms with Crippen molar-refractivity contribution in [2.45, 2.75) is 57.8 Å². The smallest absolute Gasteiger partial charge is 0.126 e. The van der Waals surface area contributed by atoms with Gasteiger partial charge in [0, 0.05) is 19.9 Å². The first kappa shape index (κ1) is 15.3. The normalized spacial score (nSPS) is 22.7. The summed E-state index contributed by atoms with van der Waals surface area (Å²) in [5, 5.41) is 3.30. The molecule has 1 N–H and O–H groups in total. The summed E-state index contributed by atoms with van der Waals surface area (Å²) in [5.41, 5.74) is 1.18. The molecule has 1 aromatic rings. The second-order valence-corrected chi connectivity index (χ2v) is 5.43. The van der Waals surface area contributed by atoms with Crippen molar-refractivity contribution in [1.29, 1.82) is 0 Å². The number of anilines is 1. The molecule has 0 radical (unpaired) electrons. The van der Waals surface area contributed by atoms with E-state index in [4.69, 9.17) is 9.47 Å². The van der Waals surface area contributed by atoms with E-state index < -0.39 is 0 Å². The van der Waals surface area contributed by atoms with Crippen LogP contribution in [0.4, 0.5) is 5.82 Å². The van der Waals surface area contributed by atoms with Gasteiger partial charge in [-0.2, -0.15) is 0 Å². The zero-order valence-electron chi connectivity index (χ0n) is 12.6. The highest BCUT2D eigenvalue weighted by Crippen LogP contribution is 2.24. The van der Waals surface area contributed by atoms with Gasteiger partial charge in [0.25, 0.3) is 0 Å². The van der Waals surface area contributed by atoms with Crippen LogP contribution < -0.4 is 5.32 Å². The molecule has 1 aliphatic rings. The van der Waals surface area contributed by atoms with Crippen molar-refractivity contribution in [3.8, 4) is 0 Å².